The summed E-state index contributed by atoms with van der Waals surface area (Å²) < 4.78 is 14.0. The number of aromatic amines is 1. The third-order valence-corrected chi connectivity index (χ3v) is 3.95. The van der Waals surface area contributed by atoms with Crippen LogP contribution in [0.1, 0.15) is 24.2 Å². The van der Waals surface area contributed by atoms with Crippen molar-refractivity contribution in [1.82, 2.24) is 20.1 Å². The molecule has 0 bridgehead atoms. The van der Waals surface area contributed by atoms with Gasteiger partial charge in [0.25, 0.3) is 0 Å². The Balaban J connectivity index is 1.95. The number of H-pyrrole nitrogens is 1. The number of pyridine rings is 1. The summed E-state index contributed by atoms with van der Waals surface area (Å²) in [7, 11) is 0. The minimum absolute atomic E-state index is 0.00270. The molecule has 0 saturated carbocycles. The molecule has 0 radical (unpaired) electrons. The first kappa shape index (κ1) is 16.6. The van der Waals surface area contributed by atoms with Crippen LogP contribution in [0.3, 0.4) is 0 Å². The zero-order valence-corrected chi connectivity index (χ0v) is 13.3. The molecule has 0 aliphatic heterocycles. The van der Waals surface area contributed by atoms with Crippen molar-refractivity contribution in [3.8, 4) is 0 Å². The maximum absolute atomic E-state index is 14.0. The maximum atomic E-state index is 14.0. The zero-order chi connectivity index (χ0) is 18.0. The minimum atomic E-state index is -1.61. The molecule has 1 amide bonds. The predicted molar refractivity (Wildman–Crippen MR) is 86.9 cm³/mol. The molecule has 3 aromatic rings. The van der Waals surface area contributed by atoms with Crippen molar-refractivity contribution in [1.29, 1.82) is 0 Å². The van der Waals surface area contributed by atoms with Gasteiger partial charge < -0.3 is 10.0 Å². The lowest BCUT2D eigenvalue weighted by Gasteiger charge is -2.27. The molecule has 1 atom stereocenters. The van der Waals surface area contributed by atoms with E-state index in [0.29, 0.717) is 5.56 Å². The van der Waals surface area contributed by atoms with E-state index in [9.17, 15) is 14.0 Å². The first-order valence-corrected chi connectivity index (χ1v) is 7.53. The summed E-state index contributed by atoms with van der Waals surface area (Å²) in [6.07, 6.45) is 3.06. The van der Waals surface area contributed by atoms with Crippen LogP contribution >= 0.6 is 0 Å². The van der Waals surface area contributed by atoms with Crippen LogP contribution in [0.25, 0.3) is 10.9 Å². The Morgan fingerprint density at radius 2 is 2.16 bits per heavy atom. The summed E-state index contributed by atoms with van der Waals surface area (Å²) in [5.41, 5.74) is 1.46. The van der Waals surface area contributed by atoms with E-state index in [1.54, 1.807) is 25.3 Å². The van der Waals surface area contributed by atoms with Crippen molar-refractivity contribution in [2.75, 3.05) is 0 Å². The van der Waals surface area contributed by atoms with E-state index in [2.05, 4.69) is 15.2 Å². The average Bonchev–Trinajstić information content (AvgIpc) is 3.06. The van der Waals surface area contributed by atoms with Crippen LogP contribution in [0.4, 0.5) is 4.39 Å². The Morgan fingerprint density at radius 1 is 1.36 bits per heavy atom. The molecule has 0 saturated heterocycles. The molecule has 0 aliphatic carbocycles. The van der Waals surface area contributed by atoms with Crippen molar-refractivity contribution in [2.24, 2.45) is 0 Å². The number of halogens is 1. The van der Waals surface area contributed by atoms with E-state index in [0.717, 1.165) is 15.8 Å². The largest absolute Gasteiger partial charge is 0.474 e. The standard InChI is InChI=1S/C17H15FN4O3/c1-10(15-13(18)3-2-6-19-15)22(16(23)17(24)25)9-11-4-5-12-8-20-21-14(12)7-11/h2-8,10H,9H2,1H3,(H,20,21)(H,24,25). The fourth-order valence-electron chi connectivity index (χ4n) is 2.64. The second-order valence-electron chi connectivity index (χ2n) is 5.58. The molecule has 128 valence electrons. The number of carboxylic acids is 1. The maximum Gasteiger partial charge on any atom is 0.394 e. The summed E-state index contributed by atoms with van der Waals surface area (Å²) >= 11 is 0. The van der Waals surface area contributed by atoms with Crippen LogP contribution in [-0.2, 0) is 16.1 Å². The number of fused-ring (bicyclic) bond motifs is 1. The quantitative estimate of drug-likeness (QED) is 0.709. The van der Waals surface area contributed by atoms with E-state index in [4.69, 9.17) is 5.11 Å². The number of benzene rings is 1. The second-order valence-corrected chi connectivity index (χ2v) is 5.58. The predicted octanol–water partition coefficient (Wildman–Crippen LogP) is 2.27. The molecule has 1 unspecified atom stereocenters. The van der Waals surface area contributed by atoms with Gasteiger partial charge >= 0.3 is 11.9 Å². The number of hydrogen-bond acceptors (Lipinski definition) is 4. The van der Waals surface area contributed by atoms with Gasteiger partial charge in [-0.2, -0.15) is 5.10 Å². The summed E-state index contributed by atoms with van der Waals surface area (Å²) in [6.45, 7) is 1.54. The highest BCUT2D eigenvalue weighted by atomic mass is 19.1. The van der Waals surface area contributed by atoms with Gasteiger partial charge in [0.1, 0.15) is 5.82 Å². The minimum Gasteiger partial charge on any atom is -0.474 e. The first-order valence-electron chi connectivity index (χ1n) is 7.53. The third-order valence-electron chi connectivity index (χ3n) is 3.95. The molecule has 3 rings (SSSR count). The highest BCUT2D eigenvalue weighted by Crippen LogP contribution is 2.24. The van der Waals surface area contributed by atoms with Gasteiger partial charge in [-0.15, -0.1) is 0 Å². The topological polar surface area (TPSA) is 99.2 Å². The van der Waals surface area contributed by atoms with Gasteiger partial charge in [0.15, 0.2) is 0 Å². The SMILES string of the molecule is CC(c1ncccc1F)N(Cc1ccc2cn[nH]c2c1)C(=O)C(=O)O. The number of hydrogen-bond donors (Lipinski definition) is 2. The third kappa shape index (κ3) is 3.32. The summed E-state index contributed by atoms with van der Waals surface area (Å²) in [5.74, 6) is -3.32. The van der Waals surface area contributed by atoms with Crippen molar-refractivity contribution in [3.05, 3.63) is 59.8 Å². The Kier molecular flexibility index (Phi) is 4.42. The van der Waals surface area contributed by atoms with Crippen LogP contribution in [0, 0.1) is 5.82 Å². The number of rotatable bonds is 4. The van der Waals surface area contributed by atoms with Crippen LogP contribution < -0.4 is 0 Å². The number of carbonyl (C=O) groups is 2. The molecule has 2 heterocycles. The lowest BCUT2D eigenvalue weighted by Crippen LogP contribution is -2.38. The Bertz CT molecular complexity index is 940. The number of aliphatic carboxylic acids is 1. The second kappa shape index (κ2) is 6.68. The number of carboxylic acid groups (broad SMARTS) is 1. The molecular formula is C17H15FN4O3. The molecule has 0 spiro atoms. The Morgan fingerprint density at radius 3 is 2.88 bits per heavy atom. The van der Waals surface area contributed by atoms with E-state index in [1.807, 2.05) is 6.07 Å². The fraction of sp³-hybridized carbons (Fsp3) is 0.176. The van der Waals surface area contributed by atoms with Gasteiger partial charge in [0, 0.05) is 18.1 Å². The van der Waals surface area contributed by atoms with Crippen molar-refractivity contribution in [3.63, 3.8) is 0 Å². The molecule has 25 heavy (non-hydrogen) atoms. The molecule has 1 aromatic carbocycles. The molecule has 2 N–H and O–H groups in total. The molecule has 0 fully saturated rings. The van der Waals surface area contributed by atoms with E-state index in [-0.39, 0.29) is 12.2 Å². The Hall–Kier alpha value is -3.29. The molecule has 7 nitrogen and oxygen atoms in total. The first-order chi connectivity index (χ1) is 12.0. The monoisotopic (exact) mass is 342 g/mol. The lowest BCUT2D eigenvalue weighted by molar-refractivity contribution is -0.157. The summed E-state index contributed by atoms with van der Waals surface area (Å²) in [4.78, 5) is 28.4. The molecule has 8 heteroatoms. The van der Waals surface area contributed by atoms with Crippen LogP contribution in [0.15, 0.2) is 42.7 Å². The lowest BCUT2D eigenvalue weighted by atomic mass is 10.1. The molecular weight excluding hydrogens is 327 g/mol. The van der Waals surface area contributed by atoms with E-state index >= 15 is 0 Å². The van der Waals surface area contributed by atoms with Crippen LogP contribution in [-0.4, -0.2) is 37.1 Å². The van der Waals surface area contributed by atoms with E-state index in [1.165, 1.54) is 18.3 Å². The average molecular weight is 342 g/mol. The van der Waals surface area contributed by atoms with Gasteiger partial charge in [0.2, 0.25) is 0 Å². The summed E-state index contributed by atoms with van der Waals surface area (Å²) in [5, 5.41) is 16.7. The smallest absolute Gasteiger partial charge is 0.394 e. The van der Waals surface area contributed by atoms with Gasteiger partial charge in [-0.25, -0.2) is 9.18 Å². The summed E-state index contributed by atoms with van der Waals surface area (Å²) in [6, 6.07) is 7.15. The number of carbonyl (C=O) groups excluding carboxylic acids is 1. The number of nitrogens with zero attached hydrogens (tertiary/aromatic N) is 3. The van der Waals surface area contributed by atoms with Gasteiger partial charge in [-0.3, -0.25) is 14.9 Å². The number of nitrogens with one attached hydrogen (secondary N) is 1. The van der Waals surface area contributed by atoms with Crippen LogP contribution in [0.2, 0.25) is 0 Å². The highest BCUT2D eigenvalue weighted by molar-refractivity contribution is 6.31. The zero-order valence-electron chi connectivity index (χ0n) is 13.3. The number of aromatic nitrogens is 3. The van der Waals surface area contributed by atoms with Gasteiger partial charge in [0.05, 0.1) is 23.4 Å². The highest BCUT2D eigenvalue weighted by Gasteiger charge is 2.29. The fourth-order valence-corrected chi connectivity index (χ4v) is 2.64. The van der Waals surface area contributed by atoms with Gasteiger partial charge in [-0.1, -0.05) is 12.1 Å². The number of amides is 1. The van der Waals surface area contributed by atoms with Crippen LogP contribution in [0.5, 0.6) is 0 Å². The van der Waals surface area contributed by atoms with Crippen molar-refractivity contribution < 1.29 is 19.1 Å². The molecule has 2 aromatic heterocycles. The van der Waals surface area contributed by atoms with Crippen molar-refractivity contribution >= 4 is 22.8 Å². The Labute approximate surface area is 142 Å². The van der Waals surface area contributed by atoms with Gasteiger partial charge in [-0.05, 0) is 30.7 Å². The molecule has 0 aliphatic rings. The van der Waals surface area contributed by atoms with Crippen molar-refractivity contribution in [2.45, 2.75) is 19.5 Å². The van der Waals surface area contributed by atoms with E-state index < -0.39 is 23.7 Å². The normalized spacial score (nSPS) is 12.1.